The molecule has 0 fully saturated rings. The predicted octanol–water partition coefficient (Wildman–Crippen LogP) is 4.59. The number of hydrogen-bond donors (Lipinski definition) is 0. The van der Waals surface area contributed by atoms with Gasteiger partial charge in [0.25, 0.3) is 12.3 Å². The Bertz CT molecular complexity index is 983. The van der Waals surface area contributed by atoms with Gasteiger partial charge in [-0.15, -0.1) is 5.10 Å². The molecule has 144 valence electrons. The second kappa shape index (κ2) is 6.39. The smallest absolute Gasteiger partial charge is 0.427 e. The van der Waals surface area contributed by atoms with Crippen LogP contribution in [0.2, 0.25) is 0 Å². The molecular formula is C16H12F6N4O. The number of hydrogen-bond acceptors (Lipinski definition) is 4. The predicted molar refractivity (Wildman–Crippen MR) is 81.9 cm³/mol. The first-order valence-electron chi connectivity index (χ1n) is 7.54. The van der Waals surface area contributed by atoms with Gasteiger partial charge in [0, 0.05) is 18.0 Å². The summed E-state index contributed by atoms with van der Waals surface area (Å²) in [4.78, 5) is 3.60. The Labute approximate surface area is 148 Å². The van der Waals surface area contributed by atoms with Crippen LogP contribution < -0.4 is 4.74 Å². The first kappa shape index (κ1) is 18.9. The normalized spacial score (nSPS) is 12.8. The SMILES string of the molecule is CC(C)(Oc1ncc(-c2ccn3nnc(C(F)F)c3c2)cc1F)C(F)(F)F. The zero-order valence-electron chi connectivity index (χ0n) is 13.9. The van der Waals surface area contributed by atoms with Crippen molar-refractivity contribution in [3.8, 4) is 17.0 Å². The lowest BCUT2D eigenvalue weighted by Crippen LogP contribution is -2.45. The highest BCUT2D eigenvalue weighted by molar-refractivity contribution is 5.69. The van der Waals surface area contributed by atoms with E-state index < -0.39 is 35.6 Å². The summed E-state index contributed by atoms with van der Waals surface area (Å²) in [6, 6.07) is 3.66. The number of alkyl halides is 5. The van der Waals surface area contributed by atoms with Crippen LogP contribution in [0.5, 0.6) is 5.88 Å². The average molecular weight is 390 g/mol. The molecule has 0 spiro atoms. The summed E-state index contributed by atoms with van der Waals surface area (Å²) in [6.45, 7) is 1.49. The largest absolute Gasteiger partial charge is 0.460 e. The van der Waals surface area contributed by atoms with E-state index in [0.29, 0.717) is 5.56 Å². The molecule has 0 aliphatic carbocycles. The summed E-state index contributed by atoms with van der Waals surface area (Å²) in [6.07, 6.45) is -5.15. The third kappa shape index (κ3) is 3.53. The fourth-order valence-corrected chi connectivity index (χ4v) is 2.20. The Balaban J connectivity index is 1.96. The lowest BCUT2D eigenvalue weighted by atomic mass is 10.1. The Morgan fingerprint density at radius 1 is 1.11 bits per heavy atom. The van der Waals surface area contributed by atoms with Crippen molar-refractivity contribution < 1.29 is 31.1 Å². The van der Waals surface area contributed by atoms with Gasteiger partial charge in [0.15, 0.2) is 17.1 Å². The number of rotatable bonds is 4. The van der Waals surface area contributed by atoms with Crippen LogP contribution in [0.4, 0.5) is 26.3 Å². The van der Waals surface area contributed by atoms with Crippen molar-refractivity contribution in [2.75, 3.05) is 0 Å². The fourth-order valence-electron chi connectivity index (χ4n) is 2.20. The van der Waals surface area contributed by atoms with Crippen molar-refractivity contribution in [2.45, 2.75) is 32.1 Å². The molecule has 0 saturated carbocycles. The van der Waals surface area contributed by atoms with Crippen LogP contribution in [0.1, 0.15) is 26.0 Å². The first-order valence-corrected chi connectivity index (χ1v) is 7.54. The average Bonchev–Trinajstić information content (AvgIpc) is 2.98. The van der Waals surface area contributed by atoms with Crippen molar-refractivity contribution in [3.63, 3.8) is 0 Å². The van der Waals surface area contributed by atoms with Gasteiger partial charge in [-0.3, -0.25) is 0 Å². The molecule has 27 heavy (non-hydrogen) atoms. The molecule has 0 radical (unpaired) electrons. The zero-order chi connectivity index (χ0) is 20.0. The zero-order valence-corrected chi connectivity index (χ0v) is 13.9. The van der Waals surface area contributed by atoms with Crippen molar-refractivity contribution in [1.82, 2.24) is 19.8 Å². The molecule has 3 rings (SSSR count). The summed E-state index contributed by atoms with van der Waals surface area (Å²) in [5, 5.41) is 6.91. The first-order chi connectivity index (χ1) is 12.5. The Morgan fingerprint density at radius 2 is 1.81 bits per heavy atom. The number of ether oxygens (including phenoxy) is 1. The van der Waals surface area contributed by atoms with E-state index in [1.165, 1.54) is 18.3 Å². The Hall–Kier alpha value is -2.85. The molecule has 3 aromatic rings. The molecular weight excluding hydrogens is 378 g/mol. The van der Waals surface area contributed by atoms with Gasteiger partial charge in [0.05, 0.1) is 5.52 Å². The van der Waals surface area contributed by atoms with Crippen molar-refractivity contribution >= 4 is 5.52 Å². The summed E-state index contributed by atoms with van der Waals surface area (Å²) in [7, 11) is 0. The summed E-state index contributed by atoms with van der Waals surface area (Å²) in [5.74, 6) is -1.94. The van der Waals surface area contributed by atoms with E-state index >= 15 is 0 Å². The second-order valence-electron chi connectivity index (χ2n) is 6.14. The molecule has 0 aliphatic rings. The molecule has 3 aromatic heterocycles. The lowest BCUT2D eigenvalue weighted by molar-refractivity contribution is -0.235. The van der Waals surface area contributed by atoms with Crippen molar-refractivity contribution in [2.24, 2.45) is 0 Å². The van der Waals surface area contributed by atoms with Gasteiger partial charge in [-0.2, -0.15) is 13.2 Å². The maximum Gasteiger partial charge on any atom is 0.427 e. The second-order valence-corrected chi connectivity index (χ2v) is 6.14. The third-order valence-corrected chi connectivity index (χ3v) is 3.83. The minimum absolute atomic E-state index is 0.0152. The molecule has 0 amide bonds. The molecule has 0 N–H and O–H groups in total. The monoisotopic (exact) mass is 390 g/mol. The molecule has 0 saturated heterocycles. The number of aromatic nitrogens is 4. The van der Waals surface area contributed by atoms with E-state index in [2.05, 4.69) is 20.0 Å². The quantitative estimate of drug-likeness (QED) is 0.612. The van der Waals surface area contributed by atoms with Crippen LogP contribution in [-0.2, 0) is 0 Å². The molecule has 0 aromatic carbocycles. The molecule has 3 heterocycles. The van der Waals surface area contributed by atoms with Gasteiger partial charge >= 0.3 is 6.18 Å². The molecule has 0 atom stereocenters. The maximum atomic E-state index is 14.2. The number of nitrogens with zero attached hydrogens (tertiary/aromatic N) is 4. The van der Waals surface area contributed by atoms with E-state index in [1.807, 2.05) is 0 Å². The third-order valence-electron chi connectivity index (χ3n) is 3.83. The summed E-state index contributed by atoms with van der Waals surface area (Å²) in [5.41, 5.74) is -2.71. The van der Waals surface area contributed by atoms with Crippen molar-refractivity contribution in [1.29, 1.82) is 0 Å². The van der Waals surface area contributed by atoms with Crippen LogP contribution in [0.15, 0.2) is 30.6 Å². The lowest BCUT2D eigenvalue weighted by Gasteiger charge is -2.28. The van der Waals surface area contributed by atoms with E-state index in [-0.39, 0.29) is 11.1 Å². The van der Waals surface area contributed by atoms with Crippen LogP contribution in [0.3, 0.4) is 0 Å². The minimum atomic E-state index is -4.73. The number of halogens is 6. The van der Waals surface area contributed by atoms with E-state index in [1.54, 1.807) is 0 Å². The van der Waals surface area contributed by atoms with E-state index in [4.69, 9.17) is 0 Å². The van der Waals surface area contributed by atoms with Crippen LogP contribution in [0, 0.1) is 5.82 Å². The van der Waals surface area contributed by atoms with Gasteiger partial charge in [-0.05, 0) is 37.6 Å². The van der Waals surface area contributed by atoms with Crippen molar-refractivity contribution in [3.05, 3.63) is 42.1 Å². The van der Waals surface area contributed by atoms with Crippen LogP contribution in [0.25, 0.3) is 16.6 Å². The van der Waals surface area contributed by atoms with E-state index in [9.17, 15) is 26.3 Å². The minimum Gasteiger partial charge on any atom is -0.460 e. The van der Waals surface area contributed by atoms with Gasteiger partial charge < -0.3 is 4.74 Å². The van der Waals surface area contributed by atoms with Gasteiger partial charge in [-0.1, -0.05) is 5.21 Å². The van der Waals surface area contributed by atoms with E-state index in [0.717, 1.165) is 30.6 Å². The van der Waals surface area contributed by atoms with Gasteiger partial charge in [-0.25, -0.2) is 22.7 Å². The maximum absolute atomic E-state index is 14.2. The van der Waals surface area contributed by atoms with Crippen LogP contribution >= 0.6 is 0 Å². The Kier molecular flexibility index (Phi) is 4.48. The van der Waals surface area contributed by atoms with Gasteiger partial charge in [0.2, 0.25) is 0 Å². The molecule has 5 nitrogen and oxygen atoms in total. The Morgan fingerprint density at radius 3 is 2.41 bits per heavy atom. The summed E-state index contributed by atoms with van der Waals surface area (Å²) < 4.78 is 84.5. The highest BCUT2D eigenvalue weighted by Crippen LogP contribution is 2.35. The van der Waals surface area contributed by atoms with Crippen LogP contribution in [-0.4, -0.2) is 31.6 Å². The molecule has 0 aliphatic heterocycles. The highest BCUT2D eigenvalue weighted by Gasteiger charge is 2.50. The summed E-state index contributed by atoms with van der Waals surface area (Å²) >= 11 is 0. The fraction of sp³-hybridized carbons (Fsp3) is 0.312. The number of pyridine rings is 2. The number of fused-ring (bicyclic) bond motifs is 1. The topological polar surface area (TPSA) is 52.3 Å². The molecule has 0 bridgehead atoms. The van der Waals surface area contributed by atoms with Gasteiger partial charge in [0.1, 0.15) is 0 Å². The highest BCUT2D eigenvalue weighted by atomic mass is 19.4. The standard InChI is InChI=1S/C16H12F6N4O/c1-15(2,16(20,21)22)27-14-10(17)5-9(7-23-14)8-3-4-26-11(6-8)12(13(18)19)24-25-26/h3-7,13H,1-2H3. The molecule has 11 heteroatoms. The molecule has 0 unspecified atom stereocenters.